The molecule has 0 heterocycles. The van der Waals surface area contributed by atoms with Crippen LogP contribution in [0.15, 0.2) is 24.3 Å². The summed E-state index contributed by atoms with van der Waals surface area (Å²) in [6.45, 7) is 2.28. The molecule has 2 rings (SSSR count). The van der Waals surface area contributed by atoms with Gasteiger partial charge in [0.2, 0.25) is 0 Å². The highest BCUT2D eigenvalue weighted by Crippen LogP contribution is 2.42. The van der Waals surface area contributed by atoms with Crippen LogP contribution in [-0.4, -0.2) is 12.6 Å². The van der Waals surface area contributed by atoms with Crippen LogP contribution in [0.2, 0.25) is 0 Å². The molecule has 0 radical (unpaired) electrons. The molecule has 1 saturated carbocycles. The van der Waals surface area contributed by atoms with Gasteiger partial charge >= 0.3 is 5.97 Å². The minimum absolute atomic E-state index is 0.0654. The minimum atomic E-state index is -0.0719. The third-order valence-corrected chi connectivity index (χ3v) is 3.27. The molecule has 3 nitrogen and oxygen atoms in total. The molecule has 17 heavy (non-hydrogen) atoms. The summed E-state index contributed by atoms with van der Waals surface area (Å²) >= 11 is 0. The van der Waals surface area contributed by atoms with Gasteiger partial charge in [0.15, 0.2) is 0 Å². The number of nitrogens with zero attached hydrogens (tertiary/aromatic N) is 1. The van der Waals surface area contributed by atoms with Gasteiger partial charge in [-0.1, -0.05) is 12.1 Å². The van der Waals surface area contributed by atoms with Crippen molar-refractivity contribution in [1.29, 1.82) is 5.26 Å². The van der Waals surface area contributed by atoms with E-state index in [4.69, 9.17) is 10.00 Å². The van der Waals surface area contributed by atoms with Crippen LogP contribution in [-0.2, 0) is 9.53 Å². The first-order valence-electron chi connectivity index (χ1n) is 5.91. The van der Waals surface area contributed by atoms with E-state index in [9.17, 15) is 4.79 Å². The normalized spacial score (nSPS) is 22.4. The standard InChI is InChI=1S/C14H15NO2/c1-2-17-14(16)13-7-12(8-13)11-5-3-10(9-15)4-6-11/h3-6,12-13H,2,7-8H2,1H3. The molecule has 0 unspecified atom stereocenters. The van der Waals surface area contributed by atoms with E-state index < -0.39 is 0 Å². The highest BCUT2D eigenvalue weighted by molar-refractivity contribution is 5.73. The molecule has 88 valence electrons. The van der Waals surface area contributed by atoms with Gasteiger partial charge in [-0.25, -0.2) is 0 Å². The van der Waals surface area contributed by atoms with Crippen LogP contribution in [0.1, 0.15) is 36.8 Å². The van der Waals surface area contributed by atoms with Crippen LogP contribution in [0.4, 0.5) is 0 Å². The van der Waals surface area contributed by atoms with Crippen LogP contribution >= 0.6 is 0 Å². The average Bonchev–Trinajstić information content (AvgIpc) is 2.28. The molecule has 3 heteroatoms. The first-order valence-corrected chi connectivity index (χ1v) is 5.91. The fraction of sp³-hybridized carbons (Fsp3) is 0.429. The number of carbonyl (C=O) groups is 1. The molecule has 1 aromatic carbocycles. The largest absolute Gasteiger partial charge is 0.466 e. The van der Waals surface area contributed by atoms with E-state index in [1.807, 2.05) is 31.2 Å². The van der Waals surface area contributed by atoms with Gasteiger partial charge in [-0.3, -0.25) is 4.79 Å². The molecule has 0 atom stereocenters. The lowest BCUT2D eigenvalue weighted by molar-refractivity contribution is -0.151. The fourth-order valence-electron chi connectivity index (χ4n) is 2.17. The third-order valence-electron chi connectivity index (χ3n) is 3.27. The Hall–Kier alpha value is -1.82. The first kappa shape index (κ1) is 11.7. The van der Waals surface area contributed by atoms with Gasteiger partial charge in [0, 0.05) is 0 Å². The molecular weight excluding hydrogens is 214 g/mol. The second-order valence-electron chi connectivity index (χ2n) is 4.35. The maximum absolute atomic E-state index is 11.4. The molecule has 0 amide bonds. The predicted octanol–water partition coefficient (Wildman–Crippen LogP) is 2.61. The highest BCUT2D eigenvalue weighted by Gasteiger charge is 2.36. The Morgan fingerprint density at radius 3 is 2.59 bits per heavy atom. The van der Waals surface area contributed by atoms with Crippen molar-refractivity contribution in [3.63, 3.8) is 0 Å². The first-order chi connectivity index (χ1) is 8.24. The summed E-state index contributed by atoms with van der Waals surface area (Å²) in [7, 11) is 0. The average molecular weight is 229 g/mol. The van der Waals surface area contributed by atoms with Gasteiger partial charge in [-0.2, -0.15) is 5.26 Å². The Kier molecular flexibility index (Phi) is 3.43. The summed E-state index contributed by atoms with van der Waals surface area (Å²) < 4.78 is 4.98. The van der Waals surface area contributed by atoms with Gasteiger partial charge < -0.3 is 4.74 Å². The quantitative estimate of drug-likeness (QED) is 0.748. The van der Waals surface area contributed by atoms with E-state index in [1.165, 1.54) is 5.56 Å². The van der Waals surface area contributed by atoms with Crippen molar-refractivity contribution in [1.82, 2.24) is 0 Å². The van der Waals surface area contributed by atoms with Crippen molar-refractivity contribution >= 4 is 5.97 Å². The van der Waals surface area contributed by atoms with Gasteiger partial charge in [-0.15, -0.1) is 0 Å². The summed E-state index contributed by atoms with van der Waals surface area (Å²) in [5, 5.41) is 8.70. The van der Waals surface area contributed by atoms with Crippen molar-refractivity contribution in [2.24, 2.45) is 5.92 Å². The molecule has 0 spiro atoms. The molecule has 0 aliphatic heterocycles. The van der Waals surface area contributed by atoms with Crippen molar-refractivity contribution in [2.75, 3.05) is 6.61 Å². The third kappa shape index (κ3) is 2.47. The maximum atomic E-state index is 11.4. The lowest BCUT2D eigenvalue weighted by Crippen LogP contribution is -2.30. The molecule has 0 saturated heterocycles. The molecule has 1 fully saturated rings. The van der Waals surface area contributed by atoms with Gasteiger partial charge in [0.1, 0.15) is 0 Å². The number of benzene rings is 1. The molecule has 1 aromatic rings. The molecule has 0 N–H and O–H groups in total. The SMILES string of the molecule is CCOC(=O)C1CC(c2ccc(C#N)cc2)C1. The summed E-state index contributed by atoms with van der Waals surface area (Å²) in [6.07, 6.45) is 1.73. The Morgan fingerprint density at radius 1 is 1.41 bits per heavy atom. The van der Waals surface area contributed by atoms with Crippen LogP contribution in [0, 0.1) is 17.2 Å². The summed E-state index contributed by atoms with van der Waals surface area (Å²) in [4.78, 5) is 11.4. The monoisotopic (exact) mass is 229 g/mol. The van der Waals surface area contributed by atoms with Gasteiger partial charge in [-0.05, 0) is 43.4 Å². The highest BCUT2D eigenvalue weighted by atomic mass is 16.5. The summed E-state index contributed by atoms with van der Waals surface area (Å²) in [5.41, 5.74) is 1.89. The van der Waals surface area contributed by atoms with Crippen molar-refractivity contribution in [3.05, 3.63) is 35.4 Å². The van der Waals surface area contributed by atoms with Crippen molar-refractivity contribution < 1.29 is 9.53 Å². The van der Waals surface area contributed by atoms with E-state index in [0.29, 0.717) is 18.1 Å². The number of nitriles is 1. The van der Waals surface area contributed by atoms with E-state index >= 15 is 0 Å². The maximum Gasteiger partial charge on any atom is 0.308 e. The van der Waals surface area contributed by atoms with Gasteiger partial charge in [0.05, 0.1) is 24.2 Å². The lowest BCUT2D eigenvalue weighted by atomic mass is 9.71. The molecule has 0 bridgehead atoms. The number of hydrogen-bond donors (Lipinski definition) is 0. The Morgan fingerprint density at radius 2 is 2.06 bits per heavy atom. The smallest absolute Gasteiger partial charge is 0.308 e. The molecule has 1 aliphatic rings. The van der Waals surface area contributed by atoms with Crippen LogP contribution in [0.25, 0.3) is 0 Å². The molecule has 1 aliphatic carbocycles. The molecular formula is C14H15NO2. The number of rotatable bonds is 3. The van der Waals surface area contributed by atoms with E-state index in [0.717, 1.165) is 12.8 Å². The van der Waals surface area contributed by atoms with E-state index in [1.54, 1.807) is 0 Å². The Bertz CT molecular complexity index is 438. The van der Waals surface area contributed by atoms with E-state index in [-0.39, 0.29) is 11.9 Å². The van der Waals surface area contributed by atoms with E-state index in [2.05, 4.69) is 6.07 Å². The summed E-state index contributed by atoms with van der Waals surface area (Å²) in [6, 6.07) is 9.71. The number of esters is 1. The minimum Gasteiger partial charge on any atom is -0.466 e. The van der Waals surface area contributed by atoms with Crippen LogP contribution < -0.4 is 0 Å². The number of hydrogen-bond acceptors (Lipinski definition) is 3. The Labute approximate surface area is 101 Å². The zero-order valence-corrected chi connectivity index (χ0v) is 9.85. The zero-order valence-electron chi connectivity index (χ0n) is 9.85. The second-order valence-corrected chi connectivity index (χ2v) is 4.35. The number of ether oxygens (including phenoxy) is 1. The Balaban J connectivity index is 1.91. The van der Waals surface area contributed by atoms with Crippen LogP contribution in [0.3, 0.4) is 0 Å². The van der Waals surface area contributed by atoms with Gasteiger partial charge in [0.25, 0.3) is 0 Å². The van der Waals surface area contributed by atoms with Crippen molar-refractivity contribution in [2.45, 2.75) is 25.7 Å². The van der Waals surface area contributed by atoms with Crippen molar-refractivity contribution in [3.8, 4) is 6.07 Å². The molecule has 0 aromatic heterocycles. The fourth-order valence-corrected chi connectivity index (χ4v) is 2.17. The predicted molar refractivity (Wildman–Crippen MR) is 63.3 cm³/mol. The topological polar surface area (TPSA) is 50.1 Å². The number of carbonyl (C=O) groups excluding carboxylic acids is 1. The zero-order chi connectivity index (χ0) is 12.3. The van der Waals surface area contributed by atoms with Crippen LogP contribution in [0.5, 0.6) is 0 Å². The lowest BCUT2D eigenvalue weighted by Gasteiger charge is -2.33. The second kappa shape index (κ2) is 5.01. The summed E-state index contributed by atoms with van der Waals surface area (Å²) in [5.74, 6) is 0.435.